The van der Waals surface area contributed by atoms with Crippen LogP contribution in [0, 0.1) is 0 Å². The first kappa shape index (κ1) is 11.5. The molecule has 0 bridgehead atoms. The van der Waals surface area contributed by atoms with Crippen LogP contribution < -0.4 is 0 Å². The molecular formula is C9H12Cl2N2O. The number of aromatic nitrogens is 2. The quantitative estimate of drug-likeness (QED) is 0.752. The highest BCUT2D eigenvalue weighted by Gasteiger charge is 2.18. The minimum Gasteiger partial charge on any atom is -0.274 e. The summed E-state index contributed by atoms with van der Waals surface area (Å²) in [7, 11) is 1.66. The van der Waals surface area contributed by atoms with Crippen molar-refractivity contribution < 1.29 is 4.79 Å². The smallest absolute Gasteiger partial charge is 0.272 e. The lowest BCUT2D eigenvalue weighted by Crippen LogP contribution is -2.01. The Morgan fingerprint density at radius 1 is 1.57 bits per heavy atom. The zero-order valence-electron chi connectivity index (χ0n) is 8.18. The van der Waals surface area contributed by atoms with Gasteiger partial charge in [0.25, 0.3) is 5.24 Å². The Balaban J connectivity index is 2.98. The lowest BCUT2D eigenvalue weighted by atomic mass is 10.2. The molecule has 78 valence electrons. The SMILES string of the molecule is CCCCc1nn(C)c(C(=O)Cl)c1Cl. The summed E-state index contributed by atoms with van der Waals surface area (Å²) in [5.41, 5.74) is 1.03. The van der Waals surface area contributed by atoms with Crippen molar-refractivity contribution in [1.29, 1.82) is 0 Å². The first-order valence-corrected chi connectivity index (χ1v) is 5.24. The van der Waals surface area contributed by atoms with E-state index in [0.29, 0.717) is 5.02 Å². The van der Waals surface area contributed by atoms with Crippen molar-refractivity contribution in [3.05, 3.63) is 16.4 Å². The Bertz CT molecular complexity index is 347. The average Bonchev–Trinajstić information content (AvgIpc) is 2.38. The summed E-state index contributed by atoms with van der Waals surface area (Å²) < 4.78 is 1.43. The standard InChI is InChI=1S/C9H12Cl2N2O/c1-3-4-5-6-7(10)8(9(11)14)13(2)12-6/h3-5H2,1-2H3. The van der Waals surface area contributed by atoms with Crippen LogP contribution in [0.4, 0.5) is 0 Å². The molecule has 5 heteroatoms. The third kappa shape index (κ3) is 2.28. The van der Waals surface area contributed by atoms with Gasteiger partial charge in [0, 0.05) is 7.05 Å². The Kier molecular flexibility index (Phi) is 3.96. The monoisotopic (exact) mass is 234 g/mol. The molecule has 0 aromatic carbocycles. The van der Waals surface area contributed by atoms with Crippen molar-refractivity contribution in [2.75, 3.05) is 0 Å². The molecule has 0 aliphatic carbocycles. The number of aryl methyl sites for hydroxylation is 2. The molecule has 1 rings (SSSR count). The highest BCUT2D eigenvalue weighted by Crippen LogP contribution is 2.23. The van der Waals surface area contributed by atoms with Crippen molar-refractivity contribution in [2.24, 2.45) is 7.05 Å². The van der Waals surface area contributed by atoms with Gasteiger partial charge in [0.05, 0.1) is 10.7 Å². The van der Waals surface area contributed by atoms with Gasteiger partial charge in [-0.3, -0.25) is 9.48 Å². The molecule has 1 heterocycles. The van der Waals surface area contributed by atoms with Crippen LogP contribution in [0.5, 0.6) is 0 Å². The molecule has 0 radical (unpaired) electrons. The summed E-state index contributed by atoms with van der Waals surface area (Å²) in [5.74, 6) is 0. The molecule has 0 fully saturated rings. The van der Waals surface area contributed by atoms with Gasteiger partial charge in [0.2, 0.25) is 0 Å². The molecule has 0 saturated heterocycles. The van der Waals surface area contributed by atoms with E-state index in [1.807, 2.05) is 0 Å². The van der Waals surface area contributed by atoms with E-state index in [9.17, 15) is 4.79 Å². The van der Waals surface area contributed by atoms with E-state index in [0.717, 1.165) is 25.0 Å². The molecule has 3 nitrogen and oxygen atoms in total. The van der Waals surface area contributed by atoms with Crippen molar-refractivity contribution in [2.45, 2.75) is 26.2 Å². The Labute approximate surface area is 93.0 Å². The molecule has 0 aliphatic heterocycles. The minimum absolute atomic E-state index is 0.277. The van der Waals surface area contributed by atoms with E-state index in [1.54, 1.807) is 7.05 Å². The summed E-state index contributed by atoms with van der Waals surface area (Å²) in [6, 6.07) is 0. The Hall–Kier alpha value is -0.540. The Morgan fingerprint density at radius 2 is 2.21 bits per heavy atom. The van der Waals surface area contributed by atoms with Crippen LogP contribution in [0.1, 0.15) is 35.9 Å². The average molecular weight is 235 g/mol. The second-order valence-electron chi connectivity index (χ2n) is 3.11. The number of nitrogens with zero attached hydrogens (tertiary/aromatic N) is 2. The zero-order valence-corrected chi connectivity index (χ0v) is 9.69. The maximum absolute atomic E-state index is 11.0. The van der Waals surface area contributed by atoms with Crippen molar-refractivity contribution in [1.82, 2.24) is 9.78 Å². The van der Waals surface area contributed by atoms with Crippen LogP contribution in [0.15, 0.2) is 0 Å². The third-order valence-corrected chi connectivity index (χ3v) is 2.59. The van der Waals surface area contributed by atoms with Crippen LogP contribution in [0.25, 0.3) is 0 Å². The summed E-state index contributed by atoms with van der Waals surface area (Å²) in [6.45, 7) is 2.09. The van der Waals surface area contributed by atoms with Crippen molar-refractivity contribution in [3.8, 4) is 0 Å². The summed E-state index contributed by atoms with van der Waals surface area (Å²) in [6.07, 6.45) is 2.86. The van der Waals surface area contributed by atoms with E-state index < -0.39 is 5.24 Å². The molecule has 0 atom stereocenters. The normalized spacial score (nSPS) is 10.6. The number of hydrogen-bond donors (Lipinski definition) is 0. The van der Waals surface area contributed by atoms with E-state index in [1.165, 1.54) is 4.68 Å². The van der Waals surface area contributed by atoms with Gasteiger partial charge in [0.1, 0.15) is 5.69 Å². The summed E-state index contributed by atoms with van der Waals surface area (Å²) in [5, 5.41) is 3.98. The first-order valence-electron chi connectivity index (χ1n) is 4.49. The van der Waals surface area contributed by atoms with Gasteiger partial charge in [-0.1, -0.05) is 24.9 Å². The van der Waals surface area contributed by atoms with Crippen LogP contribution in [-0.2, 0) is 13.5 Å². The molecule has 0 saturated carbocycles. The fourth-order valence-electron chi connectivity index (χ4n) is 1.27. The molecule has 0 amide bonds. The molecule has 1 aromatic heterocycles. The number of unbranched alkanes of at least 4 members (excludes halogenated alkanes) is 1. The van der Waals surface area contributed by atoms with E-state index in [2.05, 4.69) is 12.0 Å². The number of halogens is 2. The highest BCUT2D eigenvalue weighted by atomic mass is 35.5. The predicted octanol–water partition coefficient (Wildman–Crippen LogP) is 2.80. The maximum Gasteiger partial charge on any atom is 0.272 e. The fraction of sp³-hybridized carbons (Fsp3) is 0.556. The lowest BCUT2D eigenvalue weighted by Gasteiger charge is -1.93. The van der Waals surface area contributed by atoms with E-state index in [-0.39, 0.29) is 5.69 Å². The van der Waals surface area contributed by atoms with Gasteiger partial charge in [-0.15, -0.1) is 0 Å². The number of carbonyl (C=O) groups excluding carboxylic acids is 1. The van der Waals surface area contributed by atoms with Gasteiger partial charge in [-0.25, -0.2) is 0 Å². The molecule has 14 heavy (non-hydrogen) atoms. The van der Waals surface area contributed by atoms with Crippen LogP contribution in [0.3, 0.4) is 0 Å². The van der Waals surface area contributed by atoms with E-state index in [4.69, 9.17) is 23.2 Å². The molecule has 1 aromatic rings. The topological polar surface area (TPSA) is 34.9 Å². The van der Waals surface area contributed by atoms with Gasteiger partial charge >= 0.3 is 0 Å². The van der Waals surface area contributed by atoms with Gasteiger partial charge in [-0.2, -0.15) is 5.10 Å². The third-order valence-electron chi connectivity index (χ3n) is 2.01. The number of hydrogen-bond acceptors (Lipinski definition) is 2. The maximum atomic E-state index is 11.0. The molecule has 0 unspecified atom stereocenters. The molecule has 0 spiro atoms. The van der Waals surface area contributed by atoms with Crippen LogP contribution >= 0.6 is 23.2 Å². The first-order chi connectivity index (χ1) is 6.57. The van der Waals surface area contributed by atoms with Gasteiger partial charge < -0.3 is 0 Å². The largest absolute Gasteiger partial charge is 0.274 e. The van der Waals surface area contributed by atoms with Crippen molar-refractivity contribution in [3.63, 3.8) is 0 Å². The fourth-order valence-corrected chi connectivity index (χ4v) is 1.88. The summed E-state index contributed by atoms with van der Waals surface area (Å²) in [4.78, 5) is 11.0. The zero-order chi connectivity index (χ0) is 10.7. The van der Waals surface area contributed by atoms with Gasteiger partial charge in [-0.05, 0) is 24.4 Å². The lowest BCUT2D eigenvalue weighted by molar-refractivity contribution is 0.107. The van der Waals surface area contributed by atoms with Crippen LogP contribution in [-0.4, -0.2) is 15.0 Å². The van der Waals surface area contributed by atoms with Crippen LogP contribution in [0.2, 0.25) is 5.02 Å². The predicted molar refractivity (Wildman–Crippen MR) is 57.0 cm³/mol. The number of carbonyl (C=O) groups is 1. The summed E-state index contributed by atoms with van der Waals surface area (Å²) >= 11 is 11.3. The van der Waals surface area contributed by atoms with Crippen molar-refractivity contribution >= 4 is 28.4 Å². The minimum atomic E-state index is -0.562. The number of rotatable bonds is 4. The van der Waals surface area contributed by atoms with E-state index >= 15 is 0 Å². The van der Waals surface area contributed by atoms with Gasteiger partial charge in [0.15, 0.2) is 0 Å². The second-order valence-corrected chi connectivity index (χ2v) is 3.83. The molecule has 0 aliphatic rings. The molecule has 0 N–H and O–H groups in total. The highest BCUT2D eigenvalue weighted by molar-refractivity contribution is 6.68. The second kappa shape index (κ2) is 4.80. The Morgan fingerprint density at radius 3 is 2.64 bits per heavy atom. The molecular weight excluding hydrogens is 223 g/mol.